The molecule has 0 aliphatic heterocycles. The van der Waals surface area contributed by atoms with Crippen LogP contribution in [0.2, 0.25) is 0 Å². The summed E-state index contributed by atoms with van der Waals surface area (Å²) in [4.78, 5) is 11.1. The van der Waals surface area contributed by atoms with Crippen molar-refractivity contribution in [3.05, 3.63) is 0 Å². The summed E-state index contributed by atoms with van der Waals surface area (Å²) in [5, 5.41) is 0. The van der Waals surface area contributed by atoms with Crippen molar-refractivity contribution < 1.29 is 4.79 Å². The molecular formula is C9H19NO. The molecule has 0 aliphatic carbocycles. The number of rotatable bonds is 6. The summed E-state index contributed by atoms with van der Waals surface area (Å²) in [6.45, 7) is 4.08. The molecule has 0 saturated carbocycles. The fourth-order valence-corrected chi connectivity index (χ4v) is 0.962. The van der Waals surface area contributed by atoms with Crippen molar-refractivity contribution in [2.75, 3.05) is 0 Å². The van der Waals surface area contributed by atoms with E-state index >= 15 is 0 Å². The average Bonchev–Trinajstić information content (AvgIpc) is 2.03. The highest BCUT2D eigenvalue weighted by atomic mass is 16.1. The van der Waals surface area contributed by atoms with Gasteiger partial charge in [-0.15, -0.1) is 0 Å². The number of hydrogen-bond donors (Lipinski definition) is 1. The molecule has 0 aliphatic rings. The first-order valence-corrected chi connectivity index (χ1v) is 4.50. The Morgan fingerprint density at radius 1 is 1.36 bits per heavy atom. The maximum Gasteiger partial charge on any atom is 0.149 e. The molecule has 2 N–H and O–H groups in total. The number of carbonyl (C=O) groups excluding carboxylic acids is 1. The number of hydrogen-bond acceptors (Lipinski definition) is 2. The Labute approximate surface area is 69.2 Å². The highest BCUT2D eigenvalue weighted by molar-refractivity contribution is 5.83. The van der Waals surface area contributed by atoms with Crippen molar-refractivity contribution in [2.24, 2.45) is 5.73 Å². The first kappa shape index (κ1) is 10.6. The molecule has 0 aromatic heterocycles. The van der Waals surface area contributed by atoms with Crippen LogP contribution in [0, 0.1) is 0 Å². The molecule has 2 heteroatoms. The summed E-state index contributed by atoms with van der Waals surface area (Å²) >= 11 is 0. The summed E-state index contributed by atoms with van der Waals surface area (Å²) in [5.74, 6) is 0.223. The predicted octanol–water partition coefficient (Wildman–Crippen LogP) is 1.87. The van der Waals surface area contributed by atoms with Crippen LogP contribution in [-0.2, 0) is 4.79 Å². The van der Waals surface area contributed by atoms with Crippen LogP contribution in [-0.4, -0.2) is 11.8 Å². The first-order valence-electron chi connectivity index (χ1n) is 4.50. The maximum atomic E-state index is 11.1. The van der Waals surface area contributed by atoms with Gasteiger partial charge in [0.25, 0.3) is 0 Å². The zero-order chi connectivity index (χ0) is 8.69. The Kier molecular flexibility index (Phi) is 6.13. The minimum atomic E-state index is -0.216. The Bertz CT molecular complexity index is 112. The lowest BCUT2D eigenvalue weighted by Crippen LogP contribution is -2.29. The molecule has 1 unspecified atom stereocenters. The van der Waals surface area contributed by atoms with Gasteiger partial charge < -0.3 is 5.73 Å². The molecule has 11 heavy (non-hydrogen) atoms. The third-order valence-electron chi connectivity index (χ3n) is 1.88. The quantitative estimate of drug-likeness (QED) is 0.598. The van der Waals surface area contributed by atoms with Crippen molar-refractivity contribution in [3.8, 4) is 0 Å². The topological polar surface area (TPSA) is 43.1 Å². The number of Topliss-reactive ketones (excluding diaryl/α,β-unsaturated/α-hetero) is 1. The van der Waals surface area contributed by atoms with E-state index in [4.69, 9.17) is 5.73 Å². The van der Waals surface area contributed by atoms with E-state index in [1.54, 1.807) is 0 Å². The number of nitrogens with two attached hydrogens (primary N) is 1. The van der Waals surface area contributed by atoms with Crippen molar-refractivity contribution in [2.45, 2.75) is 52.0 Å². The van der Waals surface area contributed by atoms with Gasteiger partial charge in [0.05, 0.1) is 6.04 Å². The molecule has 0 heterocycles. The largest absolute Gasteiger partial charge is 0.322 e. The Morgan fingerprint density at radius 3 is 2.45 bits per heavy atom. The van der Waals surface area contributed by atoms with Gasteiger partial charge >= 0.3 is 0 Å². The van der Waals surface area contributed by atoms with Crippen LogP contribution < -0.4 is 5.73 Å². The van der Waals surface area contributed by atoms with Gasteiger partial charge in [0.15, 0.2) is 0 Å². The van der Waals surface area contributed by atoms with E-state index in [2.05, 4.69) is 6.92 Å². The van der Waals surface area contributed by atoms with Crippen LogP contribution in [0.1, 0.15) is 46.0 Å². The van der Waals surface area contributed by atoms with Crippen LogP contribution >= 0.6 is 0 Å². The summed E-state index contributed by atoms with van der Waals surface area (Å²) in [6, 6.07) is -0.216. The van der Waals surface area contributed by atoms with Crippen molar-refractivity contribution in [3.63, 3.8) is 0 Å². The average molecular weight is 157 g/mol. The van der Waals surface area contributed by atoms with Crippen LogP contribution in [0.25, 0.3) is 0 Å². The molecule has 0 rings (SSSR count). The summed E-state index contributed by atoms with van der Waals surface area (Å²) in [6.07, 6.45) is 4.74. The molecule has 0 bridgehead atoms. The lowest BCUT2D eigenvalue weighted by Gasteiger charge is -2.05. The number of carbonyl (C=O) groups is 1. The van der Waals surface area contributed by atoms with Crippen molar-refractivity contribution in [1.82, 2.24) is 0 Å². The fourth-order valence-electron chi connectivity index (χ4n) is 0.962. The van der Waals surface area contributed by atoms with Crippen LogP contribution in [0.4, 0.5) is 0 Å². The summed E-state index contributed by atoms with van der Waals surface area (Å²) in [5.41, 5.74) is 5.55. The second kappa shape index (κ2) is 6.35. The molecule has 0 amide bonds. The SMILES string of the molecule is CCCCCC(=O)C(N)CC. The Balaban J connectivity index is 3.36. The molecule has 0 saturated heterocycles. The molecule has 2 nitrogen and oxygen atoms in total. The van der Waals surface area contributed by atoms with Crippen LogP contribution in [0.5, 0.6) is 0 Å². The number of unbranched alkanes of at least 4 members (excludes halogenated alkanes) is 2. The maximum absolute atomic E-state index is 11.1. The van der Waals surface area contributed by atoms with E-state index in [0.717, 1.165) is 25.7 Å². The van der Waals surface area contributed by atoms with Crippen LogP contribution in [0.3, 0.4) is 0 Å². The summed E-state index contributed by atoms with van der Waals surface area (Å²) in [7, 11) is 0. The highest BCUT2D eigenvalue weighted by Crippen LogP contribution is 2.02. The lowest BCUT2D eigenvalue weighted by atomic mass is 10.0. The van der Waals surface area contributed by atoms with E-state index < -0.39 is 0 Å². The molecule has 0 aromatic rings. The van der Waals surface area contributed by atoms with Gasteiger partial charge in [0.2, 0.25) is 0 Å². The highest BCUT2D eigenvalue weighted by Gasteiger charge is 2.09. The molecule has 1 atom stereocenters. The number of ketones is 1. The second-order valence-corrected chi connectivity index (χ2v) is 2.94. The minimum absolute atomic E-state index is 0.216. The van der Waals surface area contributed by atoms with E-state index in [-0.39, 0.29) is 11.8 Å². The lowest BCUT2D eigenvalue weighted by molar-refractivity contribution is -0.120. The normalized spacial score (nSPS) is 13.0. The Hall–Kier alpha value is -0.370. The smallest absolute Gasteiger partial charge is 0.149 e. The van der Waals surface area contributed by atoms with E-state index in [1.165, 1.54) is 0 Å². The van der Waals surface area contributed by atoms with Crippen LogP contribution in [0.15, 0.2) is 0 Å². The van der Waals surface area contributed by atoms with Gasteiger partial charge in [-0.2, -0.15) is 0 Å². The third-order valence-corrected chi connectivity index (χ3v) is 1.88. The van der Waals surface area contributed by atoms with Gasteiger partial charge in [0.1, 0.15) is 5.78 Å². The second-order valence-electron chi connectivity index (χ2n) is 2.94. The van der Waals surface area contributed by atoms with Gasteiger partial charge in [-0.25, -0.2) is 0 Å². The first-order chi connectivity index (χ1) is 5.22. The van der Waals surface area contributed by atoms with Crippen molar-refractivity contribution >= 4 is 5.78 Å². The van der Waals surface area contributed by atoms with Crippen molar-refractivity contribution in [1.29, 1.82) is 0 Å². The molecule has 66 valence electrons. The van der Waals surface area contributed by atoms with E-state index in [9.17, 15) is 4.79 Å². The molecule has 0 fully saturated rings. The van der Waals surface area contributed by atoms with Gasteiger partial charge in [0, 0.05) is 6.42 Å². The fraction of sp³-hybridized carbons (Fsp3) is 0.889. The van der Waals surface area contributed by atoms with Gasteiger partial charge in [-0.1, -0.05) is 26.7 Å². The zero-order valence-electron chi connectivity index (χ0n) is 7.60. The molecule has 0 radical (unpaired) electrons. The third kappa shape index (κ3) is 4.96. The standard InChI is InChI=1S/C9H19NO/c1-3-5-6-7-9(11)8(10)4-2/h8H,3-7,10H2,1-2H3. The minimum Gasteiger partial charge on any atom is -0.322 e. The molecule has 0 aromatic carbocycles. The monoisotopic (exact) mass is 157 g/mol. The van der Waals surface area contributed by atoms with Gasteiger partial charge in [-0.05, 0) is 12.8 Å². The zero-order valence-corrected chi connectivity index (χ0v) is 7.60. The predicted molar refractivity (Wildman–Crippen MR) is 47.4 cm³/mol. The summed E-state index contributed by atoms with van der Waals surface area (Å²) < 4.78 is 0. The molecule has 0 spiro atoms. The van der Waals surface area contributed by atoms with E-state index in [1.807, 2.05) is 6.92 Å². The Morgan fingerprint density at radius 2 is 2.00 bits per heavy atom. The molecular weight excluding hydrogens is 138 g/mol. The van der Waals surface area contributed by atoms with Gasteiger partial charge in [-0.3, -0.25) is 4.79 Å². The van der Waals surface area contributed by atoms with E-state index in [0.29, 0.717) is 6.42 Å².